The Kier molecular flexibility index (Phi) is 6.31. The smallest absolute Gasteiger partial charge is 0.319 e. The van der Waals surface area contributed by atoms with Crippen molar-refractivity contribution in [2.45, 2.75) is 26.4 Å². The van der Waals surface area contributed by atoms with Gasteiger partial charge in [0.15, 0.2) is 0 Å². The van der Waals surface area contributed by atoms with Gasteiger partial charge in [0.05, 0.1) is 27.9 Å². The van der Waals surface area contributed by atoms with E-state index in [9.17, 15) is 4.79 Å². The van der Waals surface area contributed by atoms with Gasteiger partial charge in [0.2, 0.25) is 0 Å². The number of methoxy groups -OCH3 is 3. The molecule has 1 rings (SSSR count). The fourth-order valence-corrected chi connectivity index (χ4v) is 1.88. The van der Waals surface area contributed by atoms with Crippen molar-refractivity contribution in [3.8, 4) is 11.5 Å². The van der Waals surface area contributed by atoms with Gasteiger partial charge in [0, 0.05) is 18.2 Å². The number of esters is 1. The molecule has 0 unspecified atom stereocenters. The molecular formula is C15H23NO4. The number of benzene rings is 1. The van der Waals surface area contributed by atoms with Gasteiger partial charge in [-0.2, -0.15) is 0 Å². The lowest BCUT2D eigenvalue weighted by atomic mass is 10.1. The molecule has 0 N–H and O–H groups in total. The summed E-state index contributed by atoms with van der Waals surface area (Å²) < 4.78 is 15.3. The van der Waals surface area contributed by atoms with Crippen LogP contribution in [-0.2, 0) is 16.1 Å². The highest BCUT2D eigenvalue weighted by molar-refractivity contribution is 5.71. The Balaban J connectivity index is 2.94. The molecule has 0 saturated heterocycles. The Labute approximate surface area is 120 Å². The molecule has 0 fully saturated rings. The minimum atomic E-state index is -0.249. The zero-order valence-corrected chi connectivity index (χ0v) is 12.8. The first-order valence-corrected chi connectivity index (χ1v) is 6.53. The van der Waals surface area contributed by atoms with Gasteiger partial charge in [-0.05, 0) is 32.0 Å². The lowest BCUT2D eigenvalue weighted by Gasteiger charge is -2.26. The number of hydrogen-bond acceptors (Lipinski definition) is 5. The van der Waals surface area contributed by atoms with Gasteiger partial charge < -0.3 is 14.2 Å². The summed E-state index contributed by atoms with van der Waals surface area (Å²) in [6.07, 6.45) is 0. The van der Waals surface area contributed by atoms with Crippen molar-refractivity contribution < 1.29 is 19.0 Å². The van der Waals surface area contributed by atoms with Crippen LogP contribution in [0.4, 0.5) is 0 Å². The van der Waals surface area contributed by atoms with Crippen molar-refractivity contribution in [3.05, 3.63) is 23.8 Å². The normalized spacial score (nSPS) is 10.8. The second kappa shape index (κ2) is 7.75. The molecule has 5 heteroatoms. The molecule has 0 aliphatic carbocycles. The Morgan fingerprint density at radius 2 is 1.90 bits per heavy atom. The van der Waals surface area contributed by atoms with Gasteiger partial charge in [-0.3, -0.25) is 9.69 Å². The molecule has 0 heterocycles. The lowest BCUT2D eigenvalue weighted by molar-refractivity contribution is -0.142. The third-order valence-electron chi connectivity index (χ3n) is 3.15. The van der Waals surface area contributed by atoms with E-state index in [1.807, 2.05) is 36.9 Å². The van der Waals surface area contributed by atoms with E-state index >= 15 is 0 Å². The molecule has 1 aromatic carbocycles. The first-order chi connectivity index (χ1) is 9.51. The predicted octanol–water partition coefficient (Wildman–Crippen LogP) is 2.09. The average molecular weight is 281 g/mol. The zero-order chi connectivity index (χ0) is 15.1. The van der Waals surface area contributed by atoms with Crippen molar-refractivity contribution in [2.75, 3.05) is 27.9 Å². The fraction of sp³-hybridized carbons (Fsp3) is 0.533. The van der Waals surface area contributed by atoms with Crippen LogP contribution in [0.25, 0.3) is 0 Å². The van der Waals surface area contributed by atoms with E-state index in [4.69, 9.17) is 14.2 Å². The van der Waals surface area contributed by atoms with Gasteiger partial charge in [-0.1, -0.05) is 0 Å². The summed E-state index contributed by atoms with van der Waals surface area (Å²) in [6, 6.07) is 5.85. The highest BCUT2D eigenvalue weighted by atomic mass is 16.5. The van der Waals surface area contributed by atoms with Crippen LogP contribution in [-0.4, -0.2) is 44.8 Å². The molecule has 5 nitrogen and oxygen atoms in total. The van der Waals surface area contributed by atoms with Crippen LogP contribution < -0.4 is 9.47 Å². The molecule has 0 aromatic heterocycles. The second-order valence-electron chi connectivity index (χ2n) is 4.75. The van der Waals surface area contributed by atoms with E-state index in [1.54, 1.807) is 14.2 Å². The fourth-order valence-electron chi connectivity index (χ4n) is 1.88. The summed E-state index contributed by atoms with van der Waals surface area (Å²) in [5, 5.41) is 0. The maximum atomic E-state index is 11.5. The SMILES string of the molecule is COC(=O)CN(Cc1cc(OC)ccc1OC)C(C)C. The van der Waals surface area contributed by atoms with Crippen LogP contribution in [0.2, 0.25) is 0 Å². The monoisotopic (exact) mass is 281 g/mol. The molecule has 0 spiro atoms. The molecule has 0 aliphatic rings. The first-order valence-electron chi connectivity index (χ1n) is 6.53. The van der Waals surface area contributed by atoms with E-state index in [2.05, 4.69) is 0 Å². The highest BCUT2D eigenvalue weighted by Crippen LogP contribution is 2.25. The molecule has 0 saturated carbocycles. The first kappa shape index (κ1) is 16.3. The van der Waals surface area contributed by atoms with Gasteiger partial charge >= 0.3 is 5.97 Å². The van der Waals surface area contributed by atoms with Gasteiger partial charge in [-0.15, -0.1) is 0 Å². The predicted molar refractivity (Wildman–Crippen MR) is 77.1 cm³/mol. The summed E-state index contributed by atoms with van der Waals surface area (Å²) in [6.45, 7) is 4.91. The van der Waals surface area contributed by atoms with E-state index in [0.29, 0.717) is 6.54 Å². The van der Waals surface area contributed by atoms with Crippen LogP contribution in [0.1, 0.15) is 19.4 Å². The number of hydrogen-bond donors (Lipinski definition) is 0. The molecule has 0 bridgehead atoms. The Hall–Kier alpha value is -1.75. The molecular weight excluding hydrogens is 258 g/mol. The molecule has 0 radical (unpaired) electrons. The highest BCUT2D eigenvalue weighted by Gasteiger charge is 2.17. The van der Waals surface area contributed by atoms with Crippen LogP contribution in [0.3, 0.4) is 0 Å². The summed E-state index contributed by atoms with van der Waals surface area (Å²) in [7, 11) is 4.65. The minimum absolute atomic E-state index is 0.213. The molecule has 20 heavy (non-hydrogen) atoms. The van der Waals surface area contributed by atoms with Crippen molar-refractivity contribution in [3.63, 3.8) is 0 Å². The summed E-state index contributed by atoms with van der Waals surface area (Å²) in [4.78, 5) is 13.5. The van der Waals surface area contributed by atoms with E-state index in [1.165, 1.54) is 7.11 Å². The Morgan fingerprint density at radius 1 is 1.20 bits per heavy atom. The standard InChI is InChI=1S/C15H23NO4/c1-11(2)16(10-15(17)20-5)9-12-8-13(18-3)6-7-14(12)19-4/h6-8,11H,9-10H2,1-5H3. The molecule has 112 valence electrons. The summed E-state index contributed by atoms with van der Waals surface area (Å²) in [5.41, 5.74) is 0.976. The number of carbonyl (C=O) groups is 1. The number of rotatable bonds is 7. The molecule has 0 atom stereocenters. The number of nitrogens with zero attached hydrogens (tertiary/aromatic N) is 1. The summed E-state index contributed by atoms with van der Waals surface area (Å²) in [5.74, 6) is 1.30. The van der Waals surface area contributed by atoms with Crippen LogP contribution >= 0.6 is 0 Å². The zero-order valence-electron chi connectivity index (χ0n) is 12.8. The van der Waals surface area contributed by atoms with Crippen molar-refractivity contribution in [1.29, 1.82) is 0 Å². The molecule has 0 aliphatic heterocycles. The van der Waals surface area contributed by atoms with Gasteiger partial charge in [-0.25, -0.2) is 0 Å². The van der Waals surface area contributed by atoms with Crippen LogP contribution in [0.5, 0.6) is 11.5 Å². The molecule has 1 aromatic rings. The Bertz CT molecular complexity index is 445. The van der Waals surface area contributed by atoms with Gasteiger partial charge in [0.25, 0.3) is 0 Å². The van der Waals surface area contributed by atoms with E-state index in [0.717, 1.165) is 17.1 Å². The summed E-state index contributed by atoms with van der Waals surface area (Å²) >= 11 is 0. The third kappa shape index (κ3) is 4.42. The quantitative estimate of drug-likeness (QED) is 0.716. The second-order valence-corrected chi connectivity index (χ2v) is 4.75. The van der Waals surface area contributed by atoms with Gasteiger partial charge in [0.1, 0.15) is 11.5 Å². The van der Waals surface area contributed by atoms with E-state index < -0.39 is 0 Å². The Morgan fingerprint density at radius 3 is 2.40 bits per heavy atom. The minimum Gasteiger partial charge on any atom is -0.497 e. The maximum absolute atomic E-state index is 11.5. The topological polar surface area (TPSA) is 48.0 Å². The average Bonchev–Trinajstić information content (AvgIpc) is 2.45. The number of ether oxygens (including phenoxy) is 3. The van der Waals surface area contributed by atoms with Crippen molar-refractivity contribution in [1.82, 2.24) is 4.90 Å². The lowest BCUT2D eigenvalue weighted by Crippen LogP contribution is -2.35. The molecule has 0 amide bonds. The number of carbonyl (C=O) groups excluding carboxylic acids is 1. The van der Waals surface area contributed by atoms with Crippen molar-refractivity contribution >= 4 is 5.97 Å². The largest absolute Gasteiger partial charge is 0.497 e. The van der Waals surface area contributed by atoms with Crippen LogP contribution in [0, 0.1) is 0 Å². The maximum Gasteiger partial charge on any atom is 0.319 e. The van der Waals surface area contributed by atoms with Crippen LogP contribution in [0.15, 0.2) is 18.2 Å². The van der Waals surface area contributed by atoms with E-state index in [-0.39, 0.29) is 18.6 Å². The third-order valence-corrected chi connectivity index (χ3v) is 3.15. The van der Waals surface area contributed by atoms with Crippen molar-refractivity contribution in [2.24, 2.45) is 0 Å².